The quantitative estimate of drug-likeness (QED) is 0.846. The molecule has 2 rings (SSSR count). The Hall–Kier alpha value is -1.40. The fourth-order valence-corrected chi connectivity index (χ4v) is 2.24. The van der Waals surface area contributed by atoms with Crippen LogP contribution in [0.2, 0.25) is 0 Å². The molecule has 0 spiro atoms. The van der Waals surface area contributed by atoms with E-state index in [1.165, 1.54) is 0 Å². The van der Waals surface area contributed by atoms with E-state index in [1.54, 1.807) is 0 Å². The Morgan fingerprint density at radius 1 is 1.39 bits per heavy atom. The predicted octanol–water partition coefficient (Wildman–Crippen LogP) is 0.575. The first kappa shape index (κ1) is 13.0. The van der Waals surface area contributed by atoms with Crippen LogP contribution in [0.15, 0.2) is 10.6 Å². The summed E-state index contributed by atoms with van der Waals surface area (Å²) in [6.45, 7) is 6.27. The van der Waals surface area contributed by atoms with Gasteiger partial charge in [0, 0.05) is 25.7 Å². The molecule has 0 bridgehead atoms. The SMILES string of the molecule is Cc1cc(CN2CCCN(CC(=O)O)CC2)on1. The molecule has 0 aliphatic carbocycles. The second-order valence-electron chi connectivity index (χ2n) is 4.73. The van der Waals surface area contributed by atoms with Gasteiger partial charge in [-0.1, -0.05) is 5.16 Å². The van der Waals surface area contributed by atoms with E-state index in [4.69, 9.17) is 9.63 Å². The van der Waals surface area contributed by atoms with Crippen LogP contribution in [0.1, 0.15) is 17.9 Å². The lowest BCUT2D eigenvalue weighted by atomic mass is 10.3. The zero-order chi connectivity index (χ0) is 13.0. The van der Waals surface area contributed by atoms with Crippen molar-refractivity contribution in [3.8, 4) is 0 Å². The minimum absolute atomic E-state index is 0.134. The van der Waals surface area contributed by atoms with Gasteiger partial charge in [0.2, 0.25) is 0 Å². The lowest BCUT2D eigenvalue weighted by Gasteiger charge is -2.19. The highest BCUT2D eigenvalue weighted by atomic mass is 16.5. The smallest absolute Gasteiger partial charge is 0.317 e. The topological polar surface area (TPSA) is 69.8 Å². The fraction of sp³-hybridized carbons (Fsp3) is 0.667. The summed E-state index contributed by atoms with van der Waals surface area (Å²) in [6.07, 6.45) is 0.987. The van der Waals surface area contributed by atoms with Crippen molar-refractivity contribution in [3.63, 3.8) is 0 Å². The molecule has 0 atom stereocenters. The Kier molecular flexibility index (Phi) is 4.33. The molecule has 1 aromatic heterocycles. The van der Waals surface area contributed by atoms with Crippen molar-refractivity contribution in [2.75, 3.05) is 32.7 Å². The Bertz CT molecular complexity index is 405. The van der Waals surface area contributed by atoms with E-state index in [9.17, 15) is 4.79 Å². The summed E-state index contributed by atoms with van der Waals surface area (Å²) in [7, 11) is 0. The Morgan fingerprint density at radius 3 is 2.78 bits per heavy atom. The van der Waals surface area contributed by atoms with Crippen molar-refractivity contribution >= 4 is 5.97 Å². The average Bonchev–Trinajstić information content (AvgIpc) is 2.57. The highest BCUT2D eigenvalue weighted by Gasteiger charge is 2.17. The van der Waals surface area contributed by atoms with Crippen molar-refractivity contribution in [2.45, 2.75) is 19.9 Å². The van der Waals surface area contributed by atoms with Gasteiger partial charge in [-0.2, -0.15) is 0 Å². The maximum absolute atomic E-state index is 10.7. The van der Waals surface area contributed by atoms with Crippen LogP contribution in [0.4, 0.5) is 0 Å². The molecule has 1 aromatic rings. The molecule has 0 radical (unpaired) electrons. The highest BCUT2D eigenvalue weighted by Crippen LogP contribution is 2.09. The molecule has 0 amide bonds. The Labute approximate surface area is 106 Å². The Morgan fingerprint density at radius 2 is 2.11 bits per heavy atom. The molecule has 1 saturated heterocycles. The maximum Gasteiger partial charge on any atom is 0.317 e. The summed E-state index contributed by atoms with van der Waals surface area (Å²) in [4.78, 5) is 14.9. The zero-order valence-electron chi connectivity index (χ0n) is 10.6. The van der Waals surface area contributed by atoms with Gasteiger partial charge in [0.15, 0.2) is 5.76 Å². The van der Waals surface area contributed by atoms with Crippen LogP contribution in [0, 0.1) is 6.92 Å². The standard InChI is InChI=1S/C12H19N3O3/c1-10-7-11(18-13-10)8-14-3-2-4-15(6-5-14)9-12(16)17/h7H,2-6,8-9H2,1H3,(H,16,17). The number of aliphatic carboxylic acids is 1. The number of hydrogen-bond donors (Lipinski definition) is 1. The summed E-state index contributed by atoms with van der Waals surface area (Å²) in [5.41, 5.74) is 0.896. The molecule has 0 unspecified atom stereocenters. The normalized spacial score (nSPS) is 18.7. The first-order valence-electron chi connectivity index (χ1n) is 6.22. The van der Waals surface area contributed by atoms with Crippen molar-refractivity contribution < 1.29 is 14.4 Å². The van der Waals surface area contributed by atoms with Gasteiger partial charge >= 0.3 is 5.97 Å². The molecule has 2 heterocycles. The lowest BCUT2D eigenvalue weighted by Crippen LogP contribution is -2.33. The number of carbonyl (C=O) groups is 1. The third-order valence-electron chi connectivity index (χ3n) is 3.10. The van der Waals surface area contributed by atoms with Crippen molar-refractivity contribution in [1.82, 2.24) is 15.0 Å². The number of carboxylic acid groups (broad SMARTS) is 1. The van der Waals surface area contributed by atoms with Crippen LogP contribution in [-0.4, -0.2) is 58.8 Å². The van der Waals surface area contributed by atoms with Gasteiger partial charge in [-0.15, -0.1) is 0 Å². The van der Waals surface area contributed by atoms with Gasteiger partial charge in [-0.3, -0.25) is 14.6 Å². The second kappa shape index (κ2) is 5.97. The van der Waals surface area contributed by atoms with Crippen LogP contribution >= 0.6 is 0 Å². The van der Waals surface area contributed by atoms with E-state index >= 15 is 0 Å². The number of aromatic nitrogens is 1. The molecule has 100 valence electrons. The molecule has 1 aliphatic heterocycles. The predicted molar refractivity (Wildman–Crippen MR) is 65.2 cm³/mol. The highest BCUT2D eigenvalue weighted by molar-refractivity contribution is 5.69. The Balaban J connectivity index is 1.83. The van der Waals surface area contributed by atoms with Gasteiger partial charge in [0.1, 0.15) is 0 Å². The first-order chi connectivity index (χ1) is 8.63. The van der Waals surface area contributed by atoms with Crippen LogP contribution in [-0.2, 0) is 11.3 Å². The average molecular weight is 253 g/mol. The zero-order valence-corrected chi connectivity index (χ0v) is 10.6. The van der Waals surface area contributed by atoms with Gasteiger partial charge < -0.3 is 9.63 Å². The monoisotopic (exact) mass is 253 g/mol. The minimum Gasteiger partial charge on any atom is -0.480 e. The molecule has 1 N–H and O–H groups in total. The third kappa shape index (κ3) is 3.82. The molecule has 1 aliphatic rings. The fourth-order valence-electron chi connectivity index (χ4n) is 2.24. The summed E-state index contributed by atoms with van der Waals surface area (Å²) < 4.78 is 5.20. The van der Waals surface area contributed by atoms with E-state index in [0.717, 1.165) is 50.6 Å². The summed E-state index contributed by atoms with van der Waals surface area (Å²) in [6, 6.07) is 1.94. The van der Waals surface area contributed by atoms with Gasteiger partial charge in [-0.25, -0.2) is 0 Å². The molecular weight excluding hydrogens is 234 g/mol. The third-order valence-corrected chi connectivity index (χ3v) is 3.10. The molecule has 0 aromatic carbocycles. The molecule has 6 heteroatoms. The van der Waals surface area contributed by atoms with Gasteiger partial charge in [0.05, 0.1) is 18.8 Å². The number of carboxylic acids is 1. The van der Waals surface area contributed by atoms with Crippen LogP contribution < -0.4 is 0 Å². The van der Waals surface area contributed by atoms with Crippen LogP contribution in [0.5, 0.6) is 0 Å². The van der Waals surface area contributed by atoms with Gasteiger partial charge in [-0.05, 0) is 19.9 Å². The summed E-state index contributed by atoms with van der Waals surface area (Å²) in [5.74, 6) is 0.119. The number of rotatable bonds is 4. The van der Waals surface area contributed by atoms with Gasteiger partial charge in [0.25, 0.3) is 0 Å². The van der Waals surface area contributed by atoms with Crippen LogP contribution in [0.25, 0.3) is 0 Å². The lowest BCUT2D eigenvalue weighted by molar-refractivity contribution is -0.138. The number of hydrogen-bond acceptors (Lipinski definition) is 5. The molecule has 18 heavy (non-hydrogen) atoms. The van der Waals surface area contributed by atoms with Crippen LogP contribution in [0.3, 0.4) is 0 Å². The number of nitrogens with zero attached hydrogens (tertiary/aromatic N) is 3. The second-order valence-corrected chi connectivity index (χ2v) is 4.73. The largest absolute Gasteiger partial charge is 0.480 e. The van der Waals surface area contributed by atoms with E-state index < -0.39 is 5.97 Å². The number of aryl methyl sites for hydroxylation is 1. The maximum atomic E-state index is 10.7. The van der Waals surface area contributed by atoms with E-state index in [1.807, 2.05) is 17.9 Å². The first-order valence-corrected chi connectivity index (χ1v) is 6.22. The van der Waals surface area contributed by atoms with Crippen molar-refractivity contribution in [3.05, 3.63) is 17.5 Å². The molecule has 1 fully saturated rings. The van der Waals surface area contributed by atoms with Crippen molar-refractivity contribution in [1.29, 1.82) is 0 Å². The summed E-state index contributed by atoms with van der Waals surface area (Å²) >= 11 is 0. The van der Waals surface area contributed by atoms with E-state index in [2.05, 4.69) is 10.1 Å². The van der Waals surface area contributed by atoms with E-state index in [0.29, 0.717) is 0 Å². The molecule has 6 nitrogen and oxygen atoms in total. The minimum atomic E-state index is -0.755. The molecular formula is C12H19N3O3. The van der Waals surface area contributed by atoms with E-state index in [-0.39, 0.29) is 6.54 Å². The molecule has 0 saturated carbocycles. The summed E-state index contributed by atoms with van der Waals surface area (Å²) in [5, 5.41) is 12.7. The van der Waals surface area contributed by atoms with Crippen molar-refractivity contribution in [2.24, 2.45) is 0 Å².